The maximum absolute atomic E-state index is 11.1. The highest BCUT2D eigenvalue weighted by Gasteiger charge is 2.34. The fraction of sp³-hybridized carbons (Fsp3) is 0.818. The van der Waals surface area contributed by atoms with Crippen molar-refractivity contribution in [2.24, 2.45) is 5.41 Å². The molecule has 0 amide bonds. The molecule has 1 aliphatic carbocycles. The third kappa shape index (κ3) is 2.56. The number of hydrogen-bond donors (Lipinski definition) is 0. The van der Waals surface area contributed by atoms with E-state index in [0.717, 1.165) is 6.54 Å². The number of carbonyl (C=O) groups is 2. The van der Waals surface area contributed by atoms with Crippen molar-refractivity contribution in [3.63, 3.8) is 0 Å². The summed E-state index contributed by atoms with van der Waals surface area (Å²) in [5.41, 5.74) is 0.290. The molecule has 0 aromatic rings. The lowest BCUT2D eigenvalue weighted by Gasteiger charge is -2.32. The summed E-state index contributed by atoms with van der Waals surface area (Å²) in [5, 5.41) is 0. The maximum Gasteiger partial charge on any atom is 0.327 e. The third-order valence-corrected chi connectivity index (χ3v) is 3.35. The van der Waals surface area contributed by atoms with E-state index in [1.807, 2.05) is 4.90 Å². The molecule has 4 heteroatoms. The Morgan fingerprint density at radius 3 is 2.27 bits per heavy atom. The van der Waals surface area contributed by atoms with Gasteiger partial charge in [-0.1, -0.05) is 19.8 Å². The van der Waals surface area contributed by atoms with E-state index in [-0.39, 0.29) is 18.5 Å². The van der Waals surface area contributed by atoms with Crippen LogP contribution in [0.3, 0.4) is 0 Å². The van der Waals surface area contributed by atoms with Crippen LogP contribution in [0.25, 0.3) is 0 Å². The zero-order valence-electron chi connectivity index (χ0n) is 9.12. The molecule has 0 bridgehead atoms. The summed E-state index contributed by atoms with van der Waals surface area (Å²) in [6.45, 7) is 3.61. The second-order valence-corrected chi connectivity index (χ2v) is 5.01. The fourth-order valence-electron chi connectivity index (χ4n) is 2.65. The van der Waals surface area contributed by atoms with E-state index in [4.69, 9.17) is 0 Å². The smallest absolute Gasteiger partial charge is 0.327 e. The molecule has 0 unspecified atom stereocenters. The largest absolute Gasteiger partial charge is 0.391 e. The quantitative estimate of drug-likeness (QED) is 0.504. The Kier molecular flexibility index (Phi) is 2.78. The average Bonchev–Trinajstić information content (AvgIpc) is 2.49. The molecule has 0 aromatic carbocycles. The summed E-state index contributed by atoms with van der Waals surface area (Å²) in [7, 11) is 0. The maximum atomic E-state index is 11.1. The second-order valence-electron chi connectivity index (χ2n) is 5.01. The topological polar surface area (TPSA) is 46.6 Å². The number of hydrogen-bond acceptors (Lipinski definition) is 4. The number of nitrogens with zero attached hydrogens (tertiary/aromatic N) is 1. The van der Waals surface area contributed by atoms with Crippen LogP contribution >= 0.6 is 0 Å². The average molecular weight is 211 g/mol. The van der Waals surface area contributed by atoms with Gasteiger partial charge in [0, 0.05) is 6.54 Å². The van der Waals surface area contributed by atoms with Gasteiger partial charge in [0.05, 0.1) is 13.1 Å². The molecular formula is C11H17NO3. The highest BCUT2D eigenvalue weighted by Crippen LogP contribution is 2.38. The predicted octanol–water partition coefficient (Wildman–Crippen LogP) is 0.952. The van der Waals surface area contributed by atoms with E-state index in [1.54, 1.807) is 0 Å². The lowest BCUT2D eigenvalue weighted by Crippen LogP contribution is -2.46. The molecule has 2 aliphatic rings. The van der Waals surface area contributed by atoms with Gasteiger partial charge < -0.3 is 4.74 Å². The Balaban J connectivity index is 1.93. The molecule has 1 saturated carbocycles. The lowest BCUT2D eigenvalue weighted by molar-refractivity contribution is -0.167. The Morgan fingerprint density at radius 2 is 1.73 bits per heavy atom. The molecule has 0 spiro atoms. The molecule has 0 atom stereocenters. The van der Waals surface area contributed by atoms with Crippen LogP contribution in [-0.4, -0.2) is 36.5 Å². The van der Waals surface area contributed by atoms with Crippen LogP contribution in [0, 0.1) is 5.41 Å². The zero-order valence-corrected chi connectivity index (χ0v) is 9.12. The molecule has 0 radical (unpaired) electrons. The number of esters is 2. The van der Waals surface area contributed by atoms with E-state index in [9.17, 15) is 9.59 Å². The van der Waals surface area contributed by atoms with Gasteiger partial charge in [-0.3, -0.25) is 14.5 Å². The van der Waals surface area contributed by atoms with Crippen molar-refractivity contribution in [1.82, 2.24) is 4.90 Å². The molecule has 1 aliphatic heterocycles. The Labute approximate surface area is 89.6 Å². The predicted molar refractivity (Wildman–Crippen MR) is 54.1 cm³/mol. The van der Waals surface area contributed by atoms with Gasteiger partial charge in [-0.2, -0.15) is 0 Å². The molecule has 84 valence electrons. The summed E-state index contributed by atoms with van der Waals surface area (Å²) in [4.78, 5) is 24.1. The van der Waals surface area contributed by atoms with Crippen molar-refractivity contribution in [3.8, 4) is 0 Å². The van der Waals surface area contributed by atoms with Crippen LogP contribution in [-0.2, 0) is 14.3 Å². The van der Waals surface area contributed by atoms with E-state index < -0.39 is 11.9 Å². The first-order chi connectivity index (χ1) is 7.07. The minimum absolute atomic E-state index is 0.265. The van der Waals surface area contributed by atoms with Crippen molar-refractivity contribution in [1.29, 1.82) is 0 Å². The van der Waals surface area contributed by atoms with Crippen LogP contribution in [0.5, 0.6) is 0 Å². The van der Waals surface area contributed by atoms with Gasteiger partial charge in [0.15, 0.2) is 0 Å². The van der Waals surface area contributed by atoms with E-state index in [0.29, 0.717) is 0 Å². The number of morpholine rings is 1. The third-order valence-electron chi connectivity index (χ3n) is 3.35. The number of cyclic esters (lactones) is 2. The second kappa shape index (κ2) is 3.93. The van der Waals surface area contributed by atoms with E-state index in [2.05, 4.69) is 11.7 Å². The normalized spacial score (nSPS) is 26.7. The van der Waals surface area contributed by atoms with Crippen LogP contribution in [0.4, 0.5) is 0 Å². The summed E-state index contributed by atoms with van der Waals surface area (Å²) in [5.74, 6) is -0.819. The Hall–Kier alpha value is -0.900. The zero-order chi connectivity index (χ0) is 10.9. The first-order valence-corrected chi connectivity index (χ1v) is 5.53. The lowest BCUT2D eigenvalue weighted by atomic mass is 9.88. The standard InChI is InChI=1S/C11H17NO3/c1-11(4-2-3-5-11)8-12-6-9(13)15-10(14)7-12/h2-8H2,1H3. The van der Waals surface area contributed by atoms with E-state index in [1.165, 1.54) is 25.7 Å². The summed E-state index contributed by atoms with van der Waals surface area (Å²) >= 11 is 0. The van der Waals surface area contributed by atoms with Crippen molar-refractivity contribution in [2.75, 3.05) is 19.6 Å². The van der Waals surface area contributed by atoms with E-state index >= 15 is 0 Å². The van der Waals surface area contributed by atoms with Crippen molar-refractivity contribution in [2.45, 2.75) is 32.6 Å². The van der Waals surface area contributed by atoms with Crippen LogP contribution < -0.4 is 0 Å². The van der Waals surface area contributed by atoms with Gasteiger partial charge in [0.2, 0.25) is 0 Å². The van der Waals surface area contributed by atoms with Gasteiger partial charge >= 0.3 is 11.9 Å². The first kappa shape index (κ1) is 10.6. The molecule has 15 heavy (non-hydrogen) atoms. The summed E-state index contributed by atoms with van der Waals surface area (Å²) in [6.07, 6.45) is 4.94. The SMILES string of the molecule is CC1(CN2CC(=O)OC(=O)C2)CCCC1. The first-order valence-electron chi connectivity index (χ1n) is 5.53. The minimum Gasteiger partial charge on any atom is -0.391 e. The highest BCUT2D eigenvalue weighted by atomic mass is 16.6. The van der Waals surface area contributed by atoms with Crippen molar-refractivity contribution >= 4 is 11.9 Å². The van der Waals surface area contributed by atoms with Gasteiger partial charge in [0.25, 0.3) is 0 Å². The molecule has 2 rings (SSSR count). The van der Waals surface area contributed by atoms with Crippen LogP contribution in [0.15, 0.2) is 0 Å². The molecule has 0 N–H and O–H groups in total. The molecule has 4 nitrogen and oxygen atoms in total. The van der Waals surface area contributed by atoms with Gasteiger partial charge in [-0.05, 0) is 18.3 Å². The number of ether oxygens (including phenoxy) is 1. The fourth-order valence-corrected chi connectivity index (χ4v) is 2.65. The van der Waals surface area contributed by atoms with Gasteiger partial charge in [-0.15, -0.1) is 0 Å². The van der Waals surface area contributed by atoms with Crippen LogP contribution in [0.1, 0.15) is 32.6 Å². The summed E-state index contributed by atoms with van der Waals surface area (Å²) in [6, 6.07) is 0. The molecular weight excluding hydrogens is 194 g/mol. The minimum atomic E-state index is -0.409. The van der Waals surface area contributed by atoms with Crippen molar-refractivity contribution < 1.29 is 14.3 Å². The molecule has 0 aromatic heterocycles. The number of carbonyl (C=O) groups excluding carboxylic acids is 2. The Morgan fingerprint density at radius 1 is 1.20 bits per heavy atom. The number of rotatable bonds is 2. The Bertz CT molecular complexity index is 266. The summed E-state index contributed by atoms with van der Waals surface area (Å²) < 4.78 is 4.49. The highest BCUT2D eigenvalue weighted by molar-refractivity contribution is 5.90. The molecule has 1 heterocycles. The van der Waals surface area contributed by atoms with Gasteiger partial charge in [0.1, 0.15) is 0 Å². The molecule has 2 fully saturated rings. The van der Waals surface area contributed by atoms with Crippen LogP contribution in [0.2, 0.25) is 0 Å². The van der Waals surface area contributed by atoms with Gasteiger partial charge in [-0.25, -0.2) is 0 Å². The monoisotopic (exact) mass is 211 g/mol. The molecule has 1 saturated heterocycles. The van der Waals surface area contributed by atoms with Crippen molar-refractivity contribution in [3.05, 3.63) is 0 Å².